The smallest absolute Gasteiger partial charge is 0.122 e. The molecule has 0 saturated carbocycles. The number of nitrogens with zero attached hydrogens (tertiary/aromatic N) is 1. The molecule has 96 valence electrons. The second-order valence-corrected chi connectivity index (χ2v) is 5.24. The van der Waals surface area contributed by atoms with Crippen molar-refractivity contribution >= 4 is 0 Å². The average Bonchev–Trinajstić information content (AvgIpc) is 2.28. The number of hydrogen-bond donors (Lipinski definition) is 0. The molecular weight excluding hydrogens is 210 g/mol. The third-order valence-corrected chi connectivity index (χ3v) is 3.23. The highest BCUT2D eigenvalue weighted by Gasteiger charge is 2.10. The Morgan fingerprint density at radius 3 is 2.29 bits per heavy atom. The van der Waals surface area contributed by atoms with Gasteiger partial charge in [0.15, 0.2) is 0 Å². The Morgan fingerprint density at radius 1 is 1.18 bits per heavy atom. The largest absolute Gasteiger partial charge is 0.496 e. The van der Waals surface area contributed by atoms with Crippen LogP contribution >= 0.6 is 0 Å². The van der Waals surface area contributed by atoms with E-state index in [1.165, 1.54) is 11.1 Å². The highest BCUT2D eigenvalue weighted by Crippen LogP contribution is 2.27. The molecule has 0 aliphatic rings. The van der Waals surface area contributed by atoms with Crippen LogP contribution in [0.25, 0.3) is 0 Å². The maximum absolute atomic E-state index is 5.40. The van der Waals surface area contributed by atoms with Crippen LogP contribution in [0.15, 0.2) is 18.2 Å². The maximum Gasteiger partial charge on any atom is 0.122 e. The Morgan fingerprint density at radius 2 is 1.82 bits per heavy atom. The molecule has 0 fully saturated rings. The van der Waals surface area contributed by atoms with E-state index in [-0.39, 0.29) is 0 Å². The summed E-state index contributed by atoms with van der Waals surface area (Å²) < 4.78 is 5.40. The first-order chi connectivity index (χ1) is 7.95. The van der Waals surface area contributed by atoms with E-state index in [1.54, 1.807) is 7.11 Å². The van der Waals surface area contributed by atoms with E-state index in [0.717, 1.165) is 12.3 Å². The molecular formula is C15H25NO. The molecule has 1 aromatic rings. The first-order valence-corrected chi connectivity index (χ1v) is 6.32. The zero-order valence-corrected chi connectivity index (χ0v) is 11.9. The molecule has 2 heteroatoms. The number of rotatable bonds is 5. The Hall–Kier alpha value is -1.02. The first-order valence-electron chi connectivity index (χ1n) is 6.32. The summed E-state index contributed by atoms with van der Waals surface area (Å²) in [6.07, 6.45) is 0. The third-order valence-electron chi connectivity index (χ3n) is 3.23. The molecule has 0 unspecified atom stereocenters. The molecule has 0 atom stereocenters. The van der Waals surface area contributed by atoms with Gasteiger partial charge < -0.3 is 4.74 Å². The molecule has 0 radical (unpaired) electrons. The van der Waals surface area contributed by atoms with E-state index in [4.69, 9.17) is 4.74 Å². The van der Waals surface area contributed by atoms with E-state index in [0.29, 0.717) is 12.0 Å². The van der Waals surface area contributed by atoms with Crippen LogP contribution in [0, 0.1) is 0 Å². The minimum atomic E-state index is 0.495. The summed E-state index contributed by atoms with van der Waals surface area (Å²) in [4.78, 5) is 2.34. The molecule has 1 rings (SSSR count). The van der Waals surface area contributed by atoms with Gasteiger partial charge in [-0.15, -0.1) is 0 Å². The van der Waals surface area contributed by atoms with Crippen molar-refractivity contribution in [3.8, 4) is 5.75 Å². The fourth-order valence-corrected chi connectivity index (χ4v) is 1.80. The highest BCUT2D eigenvalue weighted by molar-refractivity contribution is 5.39. The van der Waals surface area contributed by atoms with Crippen molar-refractivity contribution in [2.45, 2.75) is 46.2 Å². The Bertz CT molecular complexity index is 358. The van der Waals surface area contributed by atoms with Gasteiger partial charge in [0.2, 0.25) is 0 Å². The molecule has 0 aliphatic heterocycles. The van der Waals surface area contributed by atoms with Gasteiger partial charge in [-0.1, -0.05) is 26.0 Å². The topological polar surface area (TPSA) is 12.5 Å². The van der Waals surface area contributed by atoms with Crippen LogP contribution in [0.2, 0.25) is 0 Å². The number of benzene rings is 1. The normalized spacial score (nSPS) is 11.6. The van der Waals surface area contributed by atoms with Crippen molar-refractivity contribution in [1.29, 1.82) is 0 Å². The Labute approximate surface area is 106 Å². The van der Waals surface area contributed by atoms with E-state index in [1.807, 2.05) is 0 Å². The fraction of sp³-hybridized carbons (Fsp3) is 0.600. The number of hydrogen-bond acceptors (Lipinski definition) is 2. The van der Waals surface area contributed by atoms with Crippen molar-refractivity contribution in [3.05, 3.63) is 29.3 Å². The van der Waals surface area contributed by atoms with Crippen molar-refractivity contribution in [1.82, 2.24) is 4.90 Å². The van der Waals surface area contributed by atoms with Crippen LogP contribution in [-0.2, 0) is 6.54 Å². The molecule has 0 aromatic heterocycles. The van der Waals surface area contributed by atoms with Crippen molar-refractivity contribution in [2.24, 2.45) is 0 Å². The first kappa shape index (κ1) is 14.0. The van der Waals surface area contributed by atoms with Gasteiger partial charge in [0.05, 0.1) is 7.11 Å². The minimum Gasteiger partial charge on any atom is -0.496 e. The lowest BCUT2D eigenvalue weighted by molar-refractivity contribution is 0.265. The summed E-state index contributed by atoms with van der Waals surface area (Å²) in [5.74, 6) is 1.49. The van der Waals surface area contributed by atoms with Crippen molar-refractivity contribution < 1.29 is 4.74 Å². The molecule has 2 nitrogen and oxygen atoms in total. The van der Waals surface area contributed by atoms with Gasteiger partial charge in [-0.05, 0) is 44.0 Å². The van der Waals surface area contributed by atoms with Gasteiger partial charge in [-0.3, -0.25) is 4.90 Å². The van der Waals surface area contributed by atoms with Crippen LogP contribution in [0.4, 0.5) is 0 Å². The van der Waals surface area contributed by atoms with E-state index in [2.05, 4.69) is 57.8 Å². The van der Waals surface area contributed by atoms with E-state index in [9.17, 15) is 0 Å². The summed E-state index contributed by atoms with van der Waals surface area (Å²) in [6.45, 7) is 9.82. The van der Waals surface area contributed by atoms with Gasteiger partial charge in [0, 0.05) is 12.6 Å². The van der Waals surface area contributed by atoms with E-state index < -0.39 is 0 Å². The summed E-state index contributed by atoms with van der Waals surface area (Å²) >= 11 is 0. The minimum absolute atomic E-state index is 0.495. The van der Waals surface area contributed by atoms with Gasteiger partial charge in [-0.2, -0.15) is 0 Å². The second-order valence-electron chi connectivity index (χ2n) is 5.24. The molecule has 0 aliphatic carbocycles. The van der Waals surface area contributed by atoms with Crippen LogP contribution in [0.5, 0.6) is 5.75 Å². The summed E-state index contributed by atoms with van der Waals surface area (Å²) in [6, 6.07) is 7.07. The second kappa shape index (κ2) is 6.06. The van der Waals surface area contributed by atoms with E-state index >= 15 is 0 Å². The van der Waals surface area contributed by atoms with Gasteiger partial charge in [-0.25, -0.2) is 0 Å². The molecule has 0 saturated heterocycles. The average molecular weight is 235 g/mol. The predicted octanol–water partition coefficient (Wildman–Crippen LogP) is 3.66. The number of methoxy groups -OCH3 is 1. The quantitative estimate of drug-likeness (QED) is 0.772. The lowest BCUT2D eigenvalue weighted by Gasteiger charge is -2.22. The third kappa shape index (κ3) is 3.74. The van der Waals surface area contributed by atoms with Crippen LogP contribution in [0.1, 0.15) is 44.7 Å². The highest BCUT2D eigenvalue weighted by atomic mass is 16.5. The Balaban J connectivity index is 2.92. The lowest BCUT2D eigenvalue weighted by Crippen LogP contribution is -2.25. The predicted molar refractivity (Wildman–Crippen MR) is 73.7 cm³/mol. The molecule has 0 bridgehead atoms. The molecule has 0 amide bonds. The molecule has 0 spiro atoms. The van der Waals surface area contributed by atoms with Crippen molar-refractivity contribution in [3.63, 3.8) is 0 Å². The zero-order valence-electron chi connectivity index (χ0n) is 11.9. The zero-order chi connectivity index (χ0) is 13.0. The summed E-state index contributed by atoms with van der Waals surface area (Å²) in [5, 5.41) is 0. The van der Waals surface area contributed by atoms with Gasteiger partial charge in [0.25, 0.3) is 0 Å². The van der Waals surface area contributed by atoms with Gasteiger partial charge >= 0.3 is 0 Å². The van der Waals surface area contributed by atoms with Crippen LogP contribution in [0.3, 0.4) is 0 Å². The van der Waals surface area contributed by atoms with Crippen LogP contribution in [-0.4, -0.2) is 25.1 Å². The maximum atomic E-state index is 5.40. The fourth-order valence-electron chi connectivity index (χ4n) is 1.80. The number of ether oxygens (including phenoxy) is 1. The monoisotopic (exact) mass is 235 g/mol. The Kier molecular flexibility index (Phi) is 5.01. The van der Waals surface area contributed by atoms with Gasteiger partial charge in [0.1, 0.15) is 5.75 Å². The molecule has 0 heterocycles. The standard InChI is InChI=1S/C15H25NO/c1-11(2)14-9-13(7-8-15(14)17-6)10-16(5)12(3)4/h7-9,11-12H,10H2,1-6H3. The molecule has 1 aromatic carbocycles. The molecule has 0 N–H and O–H groups in total. The summed E-state index contributed by atoms with van der Waals surface area (Å²) in [5.41, 5.74) is 2.65. The SMILES string of the molecule is COc1ccc(CN(C)C(C)C)cc1C(C)C. The van der Waals surface area contributed by atoms with Crippen molar-refractivity contribution in [2.75, 3.05) is 14.2 Å². The van der Waals surface area contributed by atoms with Crippen LogP contribution < -0.4 is 4.74 Å². The summed E-state index contributed by atoms with van der Waals surface area (Å²) in [7, 11) is 3.89. The molecule has 17 heavy (non-hydrogen) atoms. The lowest BCUT2D eigenvalue weighted by atomic mass is 9.99.